The Bertz CT molecular complexity index is 555. The number of phenols is 1. The average Bonchev–Trinajstić information content (AvgIpc) is 2.45. The minimum atomic E-state index is 0.239. The molecule has 0 heterocycles. The van der Waals surface area contributed by atoms with Crippen LogP contribution in [0.5, 0.6) is 17.2 Å². The SMILES string of the molecule is COc1ccc(OC)c(CNc2cccc(O)c2)c1. The molecule has 0 amide bonds. The Kier molecular flexibility index (Phi) is 4.13. The zero-order chi connectivity index (χ0) is 13.7. The molecular weight excluding hydrogens is 242 g/mol. The van der Waals surface area contributed by atoms with Crippen LogP contribution in [0.25, 0.3) is 0 Å². The van der Waals surface area contributed by atoms with Crippen molar-refractivity contribution in [2.24, 2.45) is 0 Å². The van der Waals surface area contributed by atoms with Gasteiger partial charge in [-0.1, -0.05) is 6.07 Å². The highest BCUT2D eigenvalue weighted by atomic mass is 16.5. The molecule has 2 aromatic carbocycles. The van der Waals surface area contributed by atoms with Gasteiger partial charge in [0.1, 0.15) is 17.2 Å². The monoisotopic (exact) mass is 259 g/mol. The van der Waals surface area contributed by atoms with Crippen molar-refractivity contribution in [2.75, 3.05) is 19.5 Å². The molecule has 0 bridgehead atoms. The molecule has 4 heteroatoms. The third kappa shape index (κ3) is 3.31. The Morgan fingerprint density at radius 3 is 2.58 bits per heavy atom. The molecule has 0 aliphatic carbocycles. The molecule has 2 N–H and O–H groups in total. The summed E-state index contributed by atoms with van der Waals surface area (Å²) in [6.07, 6.45) is 0. The van der Waals surface area contributed by atoms with Crippen molar-refractivity contribution < 1.29 is 14.6 Å². The number of rotatable bonds is 5. The fourth-order valence-electron chi connectivity index (χ4n) is 1.83. The highest BCUT2D eigenvalue weighted by Gasteiger charge is 2.05. The maximum absolute atomic E-state index is 9.41. The summed E-state index contributed by atoms with van der Waals surface area (Å²) >= 11 is 0. The Morgan fingerprint density at radius 1 is 1.05 bits per heavy atom. The van der Waals surface area contributed by atoms with Gasteiger partial charge in [-0.15, -0.1) is 0 Å². The van der Waals surface area contributed by atoms with Gasteiger partial charge in [0.05, 0.1) is 14.2 Å². The number of benzene rings is 2. The topological polar surface area (TPSA) is 50.7 Å². The van der Waals surface area contributed by atoms with E-state index in [1.54, 1.807) is 32.4 Å². The maximum atomic E-state index is 9.41. The van der Waals surface area contributed by atoms with Gasteiger partial charge in [-0.3, -0.25) is 0 Å². The molecule has 100 valence electrons. The molecule has 19 heavy (non-hydrogen) atoms. The highest BCUT2D eigenvalue weighted by Crippen LogP contribution is 2.25. The Hall–Kier alpha value is -2.36. The predicted octanol–water partition coefficient (Wildman–Crippen LogP) is 3.02. The Balaban J connectivity index is 2.14. The lowest BCUT2D eigenvalue weighted by atomic mass is 10.2. The van der Waals surface area contributed by atoms with E-state index in [0.717, 1.165) is 22.7 Å². The highest BCUT2D eigenvalue weighted by molar-refractivity contribution is 5.49. The van der Waals surface area contributed by atoms with Crippen LogP contribution in [0.3, 0.4) is 0 Å². The molecule has 0 atom stereocenters. The Labute approximate surface area is 112 Å². The van der Waals surface area contributed by atoms with Gasteiger partial charge in [0.25, 0.3) is 0 Å². The molecule has 0 radical (unpaired) electrons. The van der Waals surface area contributed by atoms with E-state index in [-0.39, 0.29) is 5.75 Å². The second-order valence-corrected chi connectivity index (χ2v) is 4.08. The molecule has 0 spiro atoms. The number of ether oxygens (including phenoxy) is 2. The quantitative estimate of drug-likeness (QED) is 0.866. The lowest BCUT2D eigenvalue weighted by Gasteiger charge is -2.12. The molecule has 2 aromatic rings. The molecule has 0 aliphatic heterocycles. The first-order valence-corrected chi connectivity index (χ1v) is 5.96. The van der Waals surface area contributed by atoms with E-state index in [0.29, 0.717) is 6.54 Å². The van der Waals surface area contributed by atoms with Gasteiger partial charge in [0.15, 0.2) is 0 Å². The Morgan fingerprint density at radius 2 is 1.89 bits per heavy atom. The molecule has 2 rings (SSSR count). The fourth-order valence-corrected chi connectivity index (χ4v) is 1.83. The lowest BCUT2D eigenvalue weighted by molar-refractivity contribution is 0.399. The van der Waals surface area contributed by atoms with Crippen molar-refractivity contribution in [3.63, 3.8) is 0 Å². The van der Waals surface area contributed by atoms with E-state index in [2.05, 4.69) is 5.32 Å². The summed E-state index contributed by atoms with van der Waals surface area (Å²) < 4.78 is 10.5. The van der Waals surface area contributed by atoms with Crippen LogP contribution in [0.15, 0.2) is 42.5 Å². The summed E-state index contributed by atoms with van der Waals surface area (Å²) in [7, 11) is 3.27. The minimum Gasteiger partial charge on any atom is -0.508 e. The summed E-state index contributed by atoms with van der Waals surface area (Å²) in [6, 6.07) is 12.7. The van der Waals surface area contributed by atoms with E-state index in [4.69, 9.17) is 9.47 Å². The smallest absolute Gasteiger partial charge is 0.124 e. The van der Waals surface area contributed by atoms with E-state index in [1.807, 2.05) is 24.3 Å². The third-order valence-corrected chi connectivity index (χ3v) is 2.82. The second kappa shape index (κ2) is 6.00. The first kappa shape index (κ1) is 13.1. The molecule has 0 aromatic heterocycles. The van der Waals surface area contributed by atoms with Gasteiger partial charge in [0.2, 0.25) is 0 Å². The van der Waals surface area contributed by atoms with Crippen LogP contribution in [0.1, 0.15) is 5.56 Å². The van der Waals surface area contributed by atoms with Crippen molar-refractivity contribution in [1.29, 1.82) is 0 Å². The number of phenolic OH excluding ortho intramolecular Hbond substituents is 1. The molecule has 0 aliphatic rings. The van der Waals surface area contributed by atoms with E-state index < -0.39 is 0 Å². The van der Waals surface area contributed by atoms with Gasteiger partial charge in [-0.05, 0) is 30.3 Å². The zero-order valence-corrected chi connectivity index (χ0v) is 11.0. The fraction of sp³-hybridized carbons (Fsp3) is 0.200. The van der Waals surface area contributed by atoms with Crippen molar-refractivity contribution in [2.45, 2.75) is 6.54 Å². The first-order chi connectivity index (χ1) is 9.22. The summed E-state index contributed by atoms with van der Waals surface area (Å²) in [5, 5.41) is 12.6. The molecule has 0 unspecified atom stereocenters. The van der Waals surface area contributed by atoms with Gasteiger partial charge in [0, 0.05) is 23.9 Å². The summed E-state index contributed by atoms with van der Waals surface area (Å²) in [6.45, 7) is 0.587. The van der Waals surface area contributed by atoms with E-state index in [1.165, 1.54) is 0 Å². The zero-order valence-electron chi connectivity index (χ0n) is 11.0. The van der Waals surface area contributed by atoms with Crippen LogP contribution < -0.4 is 14.8 Å². The summed E-state index contributed by atoms with van der Waals surface area (Å²) in [5.74, 6) is 1.82. The van der Waals surface area contributed by atoms with Crippen molar-refractivity contribution in [3.05, 3.63) is 48.0 Å². The van der Waals surface area contributed by atoms with Gasteiger partial charge in [-0.25, -0.2) is 0 Å². The largest absolute Gasteiger partial charge is 0.508 e. The van der Waals surface area contributed by atoms with Crippen LogP contribution in [-0.4, -0.2) is 19.3 Å². The van der Waals surface area contributed by atoms with Crippen molar-refractivity contribution in [1.82, 2.24) is 0 Å². The van der Waals surface area contributed by atoms with Crippen molar-refractivity contribution in [3.8, 4) is 17.2 Å². The van der Waals surface area contributed by atoms with E-state index in [9.17, 15) is 5.11 Å². The van der Waals surface area contributed by atoms with Gasteiger partial charge < -0.3 is 19.9 Å². The molecule has 0 saturated heterocycles. The third-order valence-electron chi connectivity index (χ3n) is 2.82. The maximum Gasteiger partial charge on any atom is 0.124 e. The average molecular weight is 259 g/mol. The summed E-state index contributed by atoms with van der Waals surface area (Å²) in [5.41, 5.74) is 1.84. The molecule has 4 nitrogen and oxygen atoms in total. The standard InChI is InChI=1S/C15H17NO3/c1-18-14-6-7-15(19-2)11(8-14)10-16-12-4-3-5-13(17)9-12/h3-9,16-17H,10H2,1-2H3. The second-order valence-electron chi connectivity index (χ2n) is 4.08. The van der Waals surface area contributed by atoms with Crippen molar-refractivity contribution >= 4 is 5.69 Å². The molecular formula is C15H17NO3. The molecule has 0 saturated carbocycles. The van der Waals surface area contributed by atoms with Crippen LogP contribution in [-0.2, 0) is 6.54 Å². The van der Waals surface area contributed by atoms with Gasteiger partial charge >= 0.3 is 0 Å². The minimum absolute atomic E-state index is 0.239. The molecule has 0 fully saturated rings. The summed E-state index contributed by atoms with van der Waals surface area (Å²) in [4.78, 5) is 0. The van der Waals surface area contributed by atoms with Gasteiger partial charge in [-0.2, -0.15) is 0 Å². The predicted molar refractivity (Wildman–Crippen MR) is 75.0 cm³/mol. The lowest BCUT2D eigenvalue weighted by Crippen LogP contribution is -2.02. The van der Waals surface area contributed by atoms with Crippen LogP contribution in [0.4, 0.5) is 5.69 Å². The number of anilines is 1. The number of methoxy groups -OCH3 is 2. The van der Waals surface area contributed by atoms with E-state index >= 15 is 0 Å². The normalized spacial score (nSPS) is 10.0. The number of aromatic hydroxyl groups is 1. The first-order valence-electron chi connectivity index (χ1n) is 5.96. The number of hydrogen-bond donors (Lipinski definition) is 2. The van der Waals surface area contributed by atoms with Crippen LogP contribution in [0.2, 0.25) is 0 Å². The van der Waals surface area contributed by atoms with Crippen LogP contribution >= 0.6 is 0 Å². The number of hydrogen-bond acceptors (Lipinski definition) is 4. The van der Waals surface area contributed by atoms with Crippen LogP contribution in [0, 0.1) is 0 Å². The number of nitrogens with one attached hydrogen (secondary N) is 1.